The Morgan fingerprint density at radius 1 is 0.656 bits per heavy atom. The van der Waals surface area contributed by atoms with Crippen molar-refractivity contribution in [2.75, 3.05) is 26.2 Å². The van der Waals surface area contributed by atoms with Gasteiger partial charge in [0.1, 0.15) is 46.4 Å². The molecule has 0 amide bonds. The zero-order chi connectivity index (χ0) is 24.4. The number of rotatable bonds is 2. The van der Waals surface area contributed by atoms with E-state index in [9.17, 15) is 25.9 Å². The number of hydrogen-bond donors (Lipinski definition) is 4. The fraction of sp³-hybridized carbons (Fsp3) is 0.400. The maximum absolute atomic E-state index is 10.4. The van der Waals surface area contributed by atoms with Gasteiger partial charge in [-0.15, -0.1) is 0 Å². The van der Waals surface area contributed by atoms with Gasteiger partial charge in [0.2, 0.25) is 0 Å². The van der Waals surface area contributed by atoms with Crippen LogP contribution < -0.4 is 10.6 Å². The van der Waals surface area contributed by atoms with Gasteiger partial charge in [0.05, 0.1) is 9.79 Å². The molecule has 0 atom stereocenters. The second-order valence-corrected chi connectivity index (χ2v) is 10.1. The van der Waals surface area contributed by atoms with E-state index < -0.39 is 20.2 Å². The maximum atomic E-state index is 10.4. The highest BCUT2D eigenvalue weighted by Crippen LogP contribution is 2.09. The van der Waals surface area contributed by atoms with Gasteiger partial charge >= 0.3 is 0 Å². The predicted molar refractivity (Wildman–Crippen MR) is 114 cm³/mol. The van der Waals surface area contributed by atoms with Gasteiger partial charge < -0.3 is 30.0 Å². The first kappa shape index (κ1) is 28.1. The minimum absolute atomic E-state index is 0.178. The molecule has 1 aliphatic rings. The van der Waals surface area contributed by atoms with Crippen molar-refractivity contribution in [3.05, 3.63) is 59.7 Å². The Kier molecular flexibility index (Phi) is 11.4. The van der Waals surface area contributed by atoms with Crippen molar-refractivity contribution in [1.29, 1.82) is 0 Å². The topological polar surface area (TPSA) is 188 Å². The molecule has 180 valence electrons. The van der Waals surface area contributed by atoms with Crippen molar-refractivity contribution in [2.45, 2.75) is 35.8 Å². The van der Waals surface area contributed by atoms with Crippen molar-refractivity contribution in [2.24, 2.45) is 0 Å². The van der Waals surface area contributed by atoms with E-state index in [2.05, 4.69) is 0 Å². The average molecular weight is 491 g/mol. The normalized spacial score (nSPS) is 19.3. The molecule has 32 heavy (non-hydrogen) atoms. The van der Waals surface area contributed by atoms with E-state index in [4.69, 9.17) is 10.2 Å². The Labute approximate surface area is 188 Å². The summed E-state index contributed by atoms with van der Waals surface area (Å²) in [4.78, 5) is -0.355. The summed E-state index contributed by atoms with van der Waals surface area (Å²) in [7, 11) is -8.54. The summed E-state index contributed by atoms with van der Waals surface area (Å²) in [6, 6.07) is 11.6. The Bertz CT molecular complexity index is 931. The van der Waals surface area contributed by atoms with Gasteiger partial charge in [-0.25, -0.2) is 16.8 Å². The minimum Gasteiger partial charge on any atom is -0.744 e. The third kappa shape index (κ3) is 11.6. The van der Waals surface area contributed by atoms with Crippen LogP contribution in [0, 0.1) is 13.8 Å². The van der Waals surface area contributed by atoms with E-state index in [1.807, 2.05) is 24.5 Å². The molecular weight excluding hydrogens is 460 g/mol. The maximum Gasteiger partial charge on any atom is 0.151 e. The van der Waals surface area contributed by atoms with Crippen LogP contribution in [0.5, 0.6) is 0 Å². The highest BCUT2D eigenvalue weighted by atomic mass is 32.2. The van der Waals surface area contributed by atoms with Crippen LogP contribution in [0.25, 0.3) is 0 Å². The second kappa shape index (κ2) is 13.0. The zero-order valence-electron chi connectivity index (χ0n) is 17.9. The van der Waals surface area contributed by atoms with Gasteiger partial charge in [0, 0.05) is 0 Å². The summed E-state index contributed by atoms with van der Waals surface area (Å²) in [6.45, 7) is 6.50. The lowest BCUT2D eigenvalue weighted by atomic mass is 10.2. The van der Waals surface area contributed by atoms with Crippen LogP contribution in [-0.4, -0.2) is 74.5 Å². The third-order valence-corrected chi connectivity index (χ3v) is 6.07. The van der Waals surface area contributed by atoms with Crippen molar-refractivity contribution in [3.63, 3.8) is 0 Å². The van der Waals surface area contributed by atoms with E-state index in [1.54, 1.807) is 24.3 Å². The van der Waals surface area contributed by atoms with Crippen LogP contribution in [0.3, 0.4) is 0 Å². The number of aliphatic hydroxyl groups is 2. The molecule has 1 heterocycles. The first-order valence-electron chi connectivity index (χ1n) is 9.83. The van der Waals surface area contributed by atoms with Crippen LogP contribution in [0.2, 0.25) is 0 Å². The van der Waals surface area contributed by atoms with Crippen LogP contribution in [0.4, 0.5) is 0 Å². The van der Waals surface area contributed by atoms with E-state index in [-0.39, 0.29) is 22.0 Å². The molecule has 1 saturated heterocycles. The molecule has 6 N–H and O–H groups in total. The van der Waals surface area contributed by atoms with Gasteiger partial charge in [-0.05, 0) is 38.1 Å². The number of nitrogens with two attached hydrogens (primary N) is 2. The lowest BCUT2D eigenvalue weighted by molar-refractivity contribution is -0.723. The highest BCUT2D eigenvalue weighted by molar-refractivity contribution is 7.86. The molecule has 0 aliphatic carbocycles. The van der Waals surface area contributed by atoms with Gasteiger partial charge in [-0.2, -0.15) is 0 Å². The van der Waals surface area contributed by atoms with Crippen molar-refractivity contribution < 1.29 is 46.8 Å². The van der Waals surface area contributed by atoms with Gasteiger partial charge in [0.15, 0.2) is 12.2 Å². The molecule has 0 unspecified atom stereocenters. The number of aryl methyl sites for hydroxylation is 2. The molecule has 0 aromatic heterocycles. The minimum atomic E-state index is -4.27. The summed E-state index contributed by atoms with van der Waals surface area (Å²) in [5.74, 6) is 0. The molecule has 1 fully saturated rings. The van der Waals surface area contributed by atoms with E-state index in [0.29, 0.717) is 26.2 Å². The molecule has 1 aliphatic heterocycles. The Morgan fingerprint density at radius 2 is 0.906 bits per heavy atom. The van der Waals surface area contributed by atoms with Crippen LogP contribution in [0.15, 0.2) is 58.3 Å². The van der Waals surface area contributed by atoms with E-state index in [1.165, 1.54) is 24.3 Å². The first-order chi connectivity index (χ1) is 14.8. The van der Waals surface area contributed by atoms with Gasteiger partial charge in [-0.1, -0.05) is 35.4 Å². The predicted octanol–water partition coefficient (Wildman–Crippen LogP) is -2.35. The van der Waals surface area contributed by atoms with Crippen LogP contribution in [0.1, 0.15) is 11.1 Å². The molecule has 2 aromatic rings. The Hall–Kier alpha value is -1.90. The summed E-state index contributed by atoms with van der Waals surface area (Å²) >= 11 is 0. The quantitative estimate of drug-likeness (QED) is 0.337. The molecule has 3 rings (SSSR count). The lowest BCUT2D eigenvalue weighted by Gasteiger charge is -2.15. The molecule has 12 heteroatoms. The average Bonchev–Trinajstić information content (AvgIpc) is 2.67. The highest BCUT2D eigenvalue weighted by Gasteiger charge is 2.16. The fourth-order valence-corrected chi connectivity index (χ4v) is 3.50. The van der Waals surface area contributed by atoms with Gasteiger partial charge in [-0.3, -0.25) is 0 Å². The summed E-state index contributed by atoms with van der Waals surface area (Å²) < 4.78 is 62.3. The largest absolute Gasteiger partial charge is 0.744 e. The van der Waals surface area contributed by atoms with Crippen molar-refractivity contribution in [1.82, 2.24) is 0 Å². The van der Waals surface area contributed by atoms with E-state index in [0.717, 1.165) is 11.1 Å². The molecule has 0 saturated carbocycles. The number of hydrogen-bond acceptors (Lipinski definition) is 8. The first-order valence-corrected chi connectivity index (χ1v) is 12.6. The summed E-state index contributed by atoms with van der Waals surface area (Å²) in [5.41, 5.74) is 1.86. The molecule has 0 radical (unpaired) electrons. The lowest BCUT2D eigenvalue weighted by Crippen LogP contribution is -2.98. The SMILES string of the molecule is Cc1ccc(S(=O)(=O)[O-])cc1.Cc1ccc(S(=O)(=O)[O-])cc1.OC1C[NH2+]CC(O)C[NH2+]C1. The number of quaternary nitrogens is 2. The Balaban J connectivity index is 0.000000240. The number of aliphatic hydroxyl groups excluding tert-OH is 2. The van der Waals surface area contributed by atoms with Gasteiger partial charge in [0.25, 0.3) is 0 Å². The van der Waals surface area contributed by atoms with Crippen molar-refractivity contribution in [3.8, 4) is 0 Å². The summed E-state index contributed by atoms with van der Waals surface area (Å²) in [6.07, 6.45) is -0.431. The van der Waals surface area contributed by atoms with E-state index >= 15 is 0 Å². The standard InChI is InChI=1S/2C7H8O3S.C6H14N2O2/c2*1-6-2-4-7(5-3-6)11(8,9)10;9-5-1-7-3-6(10)4-8-2-5/h2*2-5H,1H3,(H,8,9,10);5-10H,1-4H2. The monoisotopic (exact) mass is 490 g/mol. The molecule has 2 aromatic carbocycles. The molecule has 0 bridgehead atoms. The zero-order valence-corrected chi connectivity index (χ0v) is 19.6. The smallest absolute Gasteiger partial charge is 0.151 e. The second-order valence-electron chi connectivity index (χ2n) is 7.36. The molecule has 10 nitrogen and oxygen atoms in total. The summed E-state index contributed by atoms with van der Waals surface area (Å²) in [5, 5.41) is 22.2. The third-order valence-electron chi connectivity index (χ3n) is 4.37. The number of benzene rings is 2. The molecular formula is C20H30N2O8S2. The van der Waals surface area contributed by atoms with Crippen LogP contribution in [-0.2, 0) is 20.2 Å². The van der Waals surface area contributed by atoms with Crippen molar-refractivity contribution >= 4 is 20.2 Å². The molecule has 0 spiro atoms. The fourth-order valence-electron chi connectivity index (χ4n) is 2.56. The Morgan fingerprint density at radius 3 is 1.12 bits per heavy atom. The van der Waals surface area contributed by atoms with Crippen LogP contribution >= 0.6 is 0 Å².